The predicted octanol–water partition coefficient (Wildman–Crippen LogP) is 4.12. The van der Waals surface area contributed by atoms with Gasteiger partial charge >= 0.3 is 0 Å². The first-order chi connectivity index (χ1) is 9.58. The molecule has 0 aliphatic carbocycles. The van der Waals surface area contributed by atoms with Crippen molar-refractivity contribution in [1.29, 1.82) is 0 Å². The summed E-state index contributed by atoms with van der Waals surface area (Å²) >= 11 is 0. The van der Waals surface area contributed by atoms with Gasteiger partial charge in [0.1, 0.15) is 5.69 Å². The summed E-state index contributed by atoms with van der Waals surface area (Å²) in [6.45, 7) is 4.61. The number of nitro groups is 1. The van der Waals surface area contributed by atoms with Crippen LogP contribution in [0.4, 0.5) is 11.4 Å². The highest BCUT2D eigenvalue weighted by atomic mass is 16.6. The SMILES string of the molecule is Cc1ccc(NCC(C)c2ccccc2)c([N+](=O)[O-])c1. The van der Waals surface area contributed by atoms with Crippen molar-refractivity contribution in [3.05, 3.63) is 69.8 Å². The van der Waals surface area contributed by atoms with Crippen molar-refractivity contribution >= 4 is 11.4 Å². The van der Waals surface area contributed by atoms with Gasteiger partial charge < -0.3 is 5.32 Å². The first kappa shape index (κ1) is 14.1. The number of benzene rings is 2. The zero-order valence-electron chi connectivity index (χ0n) is 11.7. The molecule has 0 amide bonds. The third kappa shape index (κ3) is 3.35. The number of nitrogens with one attached hydrogen (secondary N) is 1. The van der Waals surface area contributed by atoms with Gasteiger partial charge in [0.15, 0.2) is 0 Å². The quantitative estimate of drug-likeness (QED) is 0.656. The van der Waals surface area contributed by atoms with Crippen molar-refractivity contribution in [2.45, 2.75) is 19.8 Å². The molecule has 20 heavy (non-hydrogen) atoms. The summed E-state index contributed by atoms with van der Waals surface area (Å²) in [5, 5.41) is 14.2. The Balaban J connectivity index is 2.09. The first-order valence-corrected chi connectivity index (χ1v) is 6.62. The van der Waals surface area contributed by atoms with Gasteiger partial charge in [-0.3, -0.25) is 10.1 Å². The molecule has 0 bridgehead atoms. The number of anilines is 1. The van der Waals surface area contributed by atoms with E-state index in [4.69, 9.17) is 0 Å². The molecule has 0 spiro atoms. The van der Waals surface area contributed by atoms with Crippen molar-refractivity contribution in [3.8, 4) is 0 Å². The van der Waals surface area contributed by atoms with E-state index in [0.717, 1.165) is 5.56 Å². The minimum atomic E-state index is -0.345. The lowest BCUT2D eigenvalue weighted by molar-refractivity contribution is -0.384. The van der Waals surface area contributed by atoms with Gasteiger partial charge in [-0.25, -0.2) is 0 Å². The van der Waals surface area contributed by atoms with Crippen molar-refractivity contribution in [2.24, 2.45) is 0 Å². The van der Waals surface area contributed by atoms with E-state index in [-0.39, 0.29) is 16.5 Å². The molecule has 0 aliphatic heterocycles. The van der Waals surface area contributed by atoms with Crippen LogP contribution in [0.1, 0.15) is 24.0 Å². The second-order valence-corrected chi connectivity index (χ2v) is 4.97. The molecule has 4 heteroatoms. The normalized spacial score (nSPS) is 11.9. The third-order valence-electron chi connectivity index (χ3n) is 3.32. The summed E-state index contributed by atoms with van der Waals surface area (Å²) < 4.78 is 0. The summed E-state index contributed by atoms with van der Waals surface area (Å²) in [6, 6.07) is 15.4. The van der Waals surface area contributed by atoms with Gasteiger partial charge in [0.2, 0.25) is 0 Å². The number of hydrogen-bond donors (Lipinski definition) is 1. The Morgan fingerprint density at radius 2 is 1.90 bits per heavy atom. The highest BCUT2D eigenvalue weighted by molar-refractivity contribution is 5.62. The molecule has 2 rings (SSSR count). The van der Waals surface area contributed by atoms with E-state index < -0.39 is 0 Å². The van der Waals surface area contributed by atoms with Gasteiger partial charge in [-0.05, 0) is 30.0 Å². The Bertz CT molecular complexity index is 597. The third-order valence-corrected chi connectivity index (χ3v) is 3.32. The molecule has 104 valence electrons. The maximum absolute atomic E-state index is 11.1. The van der Waals surface area contributed by atoms with Gasteiger partial charge in [0, 0.05) is 12.6 Å². The van der Waals surface area contributed by atoms with Crippen LogP contribution in [-0.4, -0.2) is 11.5 Å². The molecule has 0 fully saturated rings. The summed E-state index contributed by atoms with van der Waals surface area (Å²) in [4.78, 5) is 10.7. The molecule has 4 nitrogen and oxygen atoms in total. The van der Waals surface area contributed by atoms with Crippen LogP contribution in [0.15, 0.2) is 48.5 Å². The van der Waals surface area contributed by atoms with Crippen molar-refractivity contribution < 1.29 is 4.92 Å². The molecular weight excluding hydrogens is 252 g/mol. The number of rotatable bonds is 5. The largest absolute Gasteiger partial charge is 0.379 e. The monoisotopic (exact) mass is 270 g/mol. The predicted molar refractivity (Wildman–Crippen MR) is 81.2 cm³/mol. The lowest BCUT2D eigenvalue weighted by Crippen LogP contribution is -2.11. The fraction of sp³-hybridized carbons (Fsp3) is 0.250. The van der Waals surface area contributed by atoms with Crippen molar-refractivity contribution in [2.75, 3.05) is 11.9 Å². The average Bonchev–Trinajstić information content (AvgIpc) is 2.46. The zero-order valence-corrected chi connectivity index (χ0v) is 11.7. The molecule has 0 heterocycles. The number of aryl methyl sites for hydroxylation is 1. The highest BCUT2D eigenvalue weighted by Gasteiger charge is 2.14. The number of nitro benzene ring substituents is 1. The molecule has 1 atom stereocenters. The van der Waals surface area contributed by atoms with Crippen molar-refractivity contribution in [3.63, 3.8) is 0 Å². The minimum absolute atomic E-state index is 0.130. The Morgan fingerprint density at radius 3 is 2.55 bits per heavy atom. The zero-order chi connectivity index (χ0) is 14.5. The second kappa shape index (κ2) is 6.19. The van der Waals surface area contributed by atoms with Crippen LogP contribution in [0.5, 0.6) is 0 Å². The van der Waals surface area contributed by atoms with Crippen LogP contribution in [0.2, 0.25) is 0 Å². The second-order valence-electron chi connectivity index (χ2n) is 4.97. The molecule has 2 aromatic carbocycles. The van der Waals surface area contributed by atoms with Crippen LogP contribution in [0.25, 0.3) is 0 Å². The van der Waals surface area contributed by atoms with Crippen LogP contribution in [0, 0.1) is 17.0 Å². The van der Waals surface area contributed by atoms with E-state index in [1.165, 1.54) is 5.56 Å². The molecule has 0 saturated heterocycles. The number of hydrogen-bond acceptors (Lipinski definition) is 3. The average molecular weight is 270 g/mol. The Hall–Kier alpha value is -2.36. The van der Waals surface area contributed by atoms with Gasteiger partial charge in [-0.2, -0.15) is 0 Å². The van der Waals surface area contributed by atoms with E-state index in [1.54, 1.807) is 12.1 Å². The smallest absolute Gasteiger partial charge is 0.292 e. The molecule has 2 aromatic rings. The molecule has 1 N–H and O–H groups in total. The topological polar surface area (TPSA) is 55.2 Å². The van der Waals surface area contributed by atoms with E-state index >= 15 is 0 Å². The molecule has 0 aromatic heterocycles. The minimum Gasteiger partial charge on any atom is -0.379 e. The maximum Gasteiger partial charge on any atom is 0.292 e. The summed E-state index contributed by atoms with van der Waals surface area (Å²) in [5.74, 6) is 0.289. The Labute approximate surface area is 118 Å². The van der Waals surface area contributed by atoms with Crippen molar-refractivity contribution in [1.82, 2.24) is 0 Å². The van der Waals surface area contributed by atoms with Crippen LogP contribution in [-0.2, 0) is 0 Å². The first-order valence-electron chi connectivity index (χ1n) is 6.62. The van der Waals surface area contributed by atoms with E-state index in [1.807, 2.05) is 31.2 Å². The lowest BCUT2D eigenvalue weighted by Gasteiger charge is -2.14. The number of nitrogens with zero attached hydrogens (tertiary/aromatic N) is 1. The molecular formula is C16H18N2O2. The van der Waals surface area contributed by atoms with Crippen LogP contribution >= 0.6 is 0 Å². The molecule has 0 aliphatic rings. The van der Waals surface area contributed by atoms with Gasteiger partial charge in [0.05, 0.1) is 4.92 Å². The molecule has 0 radical (unpaired) electrons. The molecule has 1 unspecified atom stereocenters. The summed E-state index contributed by atoms with van der Waals surface area (Å²) in [5.41, 5.74) is 2.81. The van der Waals surface area contributed by atoms with Gasteiger partial charge in [0.25, 0.3) is 5.69 Å². The fourth-order valence-electron chi connectivity index (χ4n) is 2.10. The van der Waals surface area contributed by atoms with E-state index in [9.17, 15) is 10.1 Å². The van der Waals surface area contributed by atoms with Gasteiger partial charge in [-0.15, -0.1) is 0 Å². The van der Waals surface area contributed by atoms with E-state index in [2.05, 4.69) is 24.4 Å². The lowest BCUT2D eigenvalue weighted by atomic mass is 10.0. The fourth-order valence-corrected chi connectivity index (χ4v) is 2.10. The van der Waals surface area contributed by atoms with Gasteiger partial charge in [-0.1, -0.05) is 43.3 Å². The summed E-state index contributed by atoms with van der Waals surface area (Å²) in [6.07, 6.45) is 0. The Kier molecular flexibility index (Phi) is 4.35. The molecule has 0 saturated carbocycles. The highest BCUT2D eigenvalue weighted by Crippen LogP contribution is 2.26. The summed E-state index contributed by atoms with van der Waals surface area (Å²) in [7, 11) is 0. The van der Waals surface area contributed by atoms with E-state index in [0.29, 0.717) is 12.2 Å². The Morgan fingerprint density at radius 1 is 1.20 bits per heavy atom. The maximum atomic E-state index is 11.1. The van der Waals surface area contributed by atoms with Crippen LogP contribution in [0.3, 0.4) is 0 Å². The van der Waals surface area contributed by atoms with Crippen LogP contribution < -0.4 is 5.32 Å². The standard InChI is InChI=1S/C16H18N2O2/c1-12-8-9-15(16(10-12)18(19)20)17-11-13(2)14-6-4-3-5-7-14/h3-10,13,17H,11H2,1-2H3.